The SMILES string of the molecule is COc1ccc(N2CN(c3ccc(F)cc3C)c3cccc(C(F)F)c3C2=O)c(C)n1. The van der Waals surface area contributed by atoms with E-state index >= 15 is 0 Å². The van der Waals surface area contributed by atoms with Crippen molar-refractivity contribution in [3.63, 3.8) is 0 Å². The molecule has 1 amide bonds. The number of alkyl halides is 2. The fourth-order valence-electron chi connectivity index (χ4n) is 3.86. The normalized spacial score (nSPS) is 13.6. The predicted molar refractivity (Wildman–Crippen MR) is 112 cm³/mol. The molecule has 1 aliphatic rings. The molecule has 0 radical (unpaired) electrons. The molecule has 2 aromatic carbocycles. The van der Waals surface area contributed by atoms with E-state index in [9.17, 15) is 18.0 Å². The summed E-state index contributed by atoms with van der Waals surface area (Å²) in [5, 5.41) is 0. The molecular weight excluding hydrogens is 407 g/mol. The van der Waals surface area contributed by atoms with Crippen LogP contribution in [0.4, 0.5) is 30.2 Å². The van der Waals surface area contributed by atoms with Crippen molar-refractivity contribution in [3.8, 4) is 5.88 Å². The Morgan fingerprint density at radius 3 is 2.39 bits per heavy atom. The van der Waals surface area contributed by atoms with Crippen molar-refractivity contribution in [3.05, 3.63) is 76.7 Å². The summed E-state index contributed by atoms with van der Waals surface area (Å²) >= 11 is 0. The first-order chi connectivity index (χ1) is 14.8. The highest BCUT2D eigenvalue weighted by Crippen LogP contribution is 2.41. The molecule has 8 heteroatoms. The second kappa shape index (κ2) is 7.94. The highest BCUT2D eigenvalue weighted by molar-refractivity contribution is 6.13. The Kier molecular flexibility index (Phi) is 5.31. The molecule has 0 saturated heterocycles. The molecule has 1 aromatic heterocycles. The van der Waals surface area contributed by atoms with Crippen LogP contribution < -0.4 is 14.5 Å². The molecule has 0 spiro atoms. The summed E-state index contributed by atoms with van der Waals surface area (Å²) in [7, 11) is 1.48. The van der Waals surface area contributed by atoms with Crippen LogP contribution in [0.15, 0.2) is 48.5 Å². The van der Waals surface area contributed by atoms with Crippen molar-refractivity contribution in [2.24, 2.45) is 0 Å². The van der Waals surface area contributed by atoms with Crippen LogP contribution in [0.5, 0.6) is 5.88 Å². The van der Waals surface area contributed by atoms with Gasteiger partial charge in [0.05, 0.1) is 29.7 Å². The Labute approximate surface area is 177 Å². The Hall–Kier alpha value is -3.55. The Bertz CT molecular complexity index is 1170. The number of hydrogen-bond acceptors (Lipinski definition) is 4. The van der Waals surface area contributed by atoms with Gasteiger partial charge >= 0.3 is 0 Å². The molecular formula is C23H20F3N3O2. The van der Waals surface area contributed by atoms with E-state index in [4.69, 9.17) is 4.74 Å². The zero-order valence-corrected chi connectivity index (χ0v) is 17.2. The van der Waals surface area contributed by atoms with Crippen molar-refractivity contribution in [1.82, 2.24) is 4.98 Å². The second-order valence-electron chi connectivity index (χ2n) is 7.23. The van der Waals surface area contributed by atoms with Crippen LogP contribution in [0.3, 0.4) is 0 Å². The van der Waals surface area contributed by atoms with Crippen LogP contribution in [-0.4, -0.2) is 24.7 Å². The quantitative estimate of drug-likeness (QED) is 0.549. The fourth-order valence-corrected chi connectivity index (χ4v) is 3.86. The van der Waals surface area contributed by atoms with Crippen molar-refractivity contribution in [2.45, 2.75) is 20.3 Å². The number of nitrogens with zero attached hydrogens (tertiary/aromatic N) is 3. The van der Waals surface area contributed by atoms with Gasteiger partial charge in [-0.05, 0) is 49.7 Å². The molecule has 0 fully saturated rings. The minimum absolute atomic E-state index is 0.0554. The summed E-state index contributed by atoms with van der Waals surface area (Å²) in [5.74, 6) is -0.564. The predicted octanol–water partition coefficient (Wildman–Crippen LogP) is 5.54. The number of carbonyl (C=O) groups is 1. The van der Waals surface area contributed by atoms with Crippen LogP contribution in [0.25, 0.3) is 0 Å². The van der Waals surface area contributed by atoms with Crippen molar-refractivity contribution in [1.29, 1.82) is 0 Å². The first-order valence-electron chi connectivity index (χ1n) is 9.60. The van der Waals surface area contributed by atoms with Crippen LogP contribution >= 0.6 is 0 Å². The number of aryl methyl sites for hydroxylation is 2. The van der Waals surface area contributed by atoms with E-state index in [1.54, 1.807) is 43.0 Å². The molecule has 0 saturated carbocycles. The van der Waals surface area contributed by atoms with Gasteiger partial charge in [-0.15, -0.1) is 0 Å². The van der Waals surface area contributed by atoms with Crippen LogP contribution in [0.1, 0.15) is 33.6 Å². The topological polar surface area (TPSA) is 45.7 Å². The van der Waals surface area contributed by atoms with Gasteiger partial charge in [0.15, 0.2) is 0 Å². The third kappa shape index (κ3) is 3.58. The maximum atomic E-state index is 13.8. The lowest BCUT2D eigenvalue weighted by atomic mass is 9.99. The summed E-state index contributed by atoms with van der Waals surface area (Å²) in [6, 6.07) is 11.9. The lowest BCUT2D eigenvalue weighted by molar-refractivity contribution is 0.0969. The van der Waals surface area contributed by atoms with Gasteiger partial charge in [0.2, 0.25) is 5.88 Å². The molecule has 0 bridgehead atoms. The maximum Gasteiger partial charge on any atom is 0.264 e. The smallest absolute Gasteiger partial charge is 0.264 e. The molecule has 3 aromatic rings. The summed E-state index contributed by atoms with van der Waals surface area (Å²) in [6.45, 7) is 3.50. The summed E-state index contributed by atoms with van der Waals surface area (Å²) in [4.78, 5) is 20.9. The Morgan fingerprint density at radius 1 is 1.00 bits per heavy atom. The van der Waals surface area contributed by atoms with E-state index in [0.29, 0.717) is 34.2 Å². The average molecular weight is 427 g/mol. The van der Waals surface area contributed by atoms with Crippen LogP contribution in [0, 0.1) is 19.7 Å². The van der Waals surface area contributed by atoms with Crippen LogP contribution in [-0.2, 0) is 0 Å². The summed E-state index contributed by atoms with van der Waals surface area (Å²) in [6.07, 6.45) is -2.83. The minimum atomic E-state index is -2.83. The van der Waals surface area contributed by atoms with Gasteiger partial charge in [0, 0.05) is 17.3 Å². The molecule has 5 nitrogen and oxygen atoms in total. The minimum Gasteiger partial charge on any atom is -0.481 e. The number of benzene rings is 2. The van der Waals surface area contributed by atoms with Gasteiger partial charge in [-0.2, -0.15) is 0 Å². The average Bonchev–Trinajstić information content (AvgIpc) is 2.74. The van der Waals surface area contributed by atoms with Gasteiger partial charge in [-0.3, -0.25) is 9.69 Å². The number of halogens is 3. The monoisotopic (exact) mass is 427 g/mol. The van der Waals surface area contributed by atoms with E-state index in [2.05, 4.69) is 4.98 Å². The zero-order valence-electron chi connectivity index (χ0n) is 17.2. The van der Waals surface area contributed by atoms with Gasteiger partial charge in [0.1, 0.15) is 12.5 Å². The number of carbonyl (C=O) groups excluding carboxylic acids is 1. The highest BCUT2D eigenvalue weighted by Gasteiger charge is 2.36. The number of aromatic nitrogens is 1. The molecule has 2 heterocycles. The lowest BCUT2D eigenvalue weighted by Crippen LogP contribution is -2.46. The number of fused-ring (bicyclic) bond motifs is 1. The Balaban J connectivity index is 1.92. The number of amides is 1. The standard InChI is InChI=1S/C23H20F3N3O2/c1-13-11-15(24)7-8-17(13)28-12-29(18-9-10-20(31-3)27-14(18)2)23(30)21-16(22(25)26)5-4-6-19(21)28/h4-11,22H,12H2,1-3H3. The van der Waals surface area contributed by atoms with Crippen molar-refractivity contribution in [2.75, 3.05) is 23.6 Å². The van der Waals surface area contributed by atoms with Crippen LogP contribution in [0.2, 0.25) is 0 Å². The second-order valence-corrected chi connectivity index (χ2v) is 7.23. The van der Waals surface area contributed by atoms with E-state index in [1.165, 1.54) is 36.3 Å². The number of methoxy groups -OCH3 is 1. The fraction of sp³-hybridized carbons (Fsp3) is 0.217. The van der Waals surface area contributed by atoms with Crippen molar-refractivity contribution < 1.29 is 22.7 Å². The first-order valence-corrected chi connectivity index (χ1v) is 9.60. The van der Waals surface area contributed by atoms with Gasteiger partial charge in [-0.25, -0.2) is 18.2 Å². The molecule has 4 rings (SSSR count). The van der Waals surface area contributed by atoms with Crippen molar-refractivity contribution >= 4 is 23.0 Å². The molecule has 0 atom stereocenters. The number of rotatable bonds is 4. The van der Waals surface area contributed by atoms with E-state index < -0.39 is 18.1 Å². The van der Waals surface area contributed by atoms with Gasteiger partial charge in [-0.1, -0.05) is 12.1 Å². The lowest BCUT2D eigenvalue weighted by Gasteiger charge is -2.39. The highest BCUT2D eigenvalue weighted by atomic mass is 19.3. The third-order valence-electron chi connectivity index (χ3n) is 5.32. The summed E-state index contributed by atoms with van der Waals surface area (Å²) in [5.41, 5.74) is 2.15. The Morgan fingerprint density at radius 2 is 1.74 bits per heavy atom. The molecule has 160 valence electrons. The third-order valence-corrected chi connectivity index (χ3v) is 5.32. The van der Waals surface area contributed by atoms with Gasteiger partial charge in [0.25, 0.3) is 12.3 Å². The molecule has 0 unspecified atom stereocenters. The number of hydrogen-bond donors (Lipinski definition) is 0. The van der Waals surface area contributed by atoms with E-state index in [0.717, 1.165) is 0 Å². The van der Waals surface area contributed by atoms with E-state index in [-0.39, 0.29) is 17.8 Å². The number of pyridine rings is 1. The summed E-state index contributed by atoms with van der Waals surface area (Å²) < 4.78 is 46.5. The molecule has 0 aliphatic carbocycles. The maximum absolute atomic E-state index is 13.8. The first kappa shape index (κ1) is 20.7. The number of ether oxygens (including phenoxy) is 1. The van der Waals surface area contributed by atoms with E-state index in [1.807, 2.05) is 0 Å². The zero-order chi connectivity index (χ0) is 22.3. The van der Waals surface area contributed by atoms with Gasteiger partial charge < -0.3 is 9.64 Å². The molecule has 31 heavy (non-hydrogen) atoms. The number of anilines is 3. The largest absolute Gasteiger partial charge is 0.481 e. The molecule has 0 N–H and O–H groups in total. The molecule has 1 aliphatic heterocycles.